The summed E-state index contributed by atoms with van der Waals surface area (Å²) >= 11 is 0. The van der Waals surface area contributed by atoms with Crippen LogP contribution in [-0.4, -0.2) is 47.5 Å². The summed E-state index contributed by atoms with van der Waals surface area (Å²) in [6, 6.07) is 2.22. The monoisotopic (exact) mass is 612 g/mol. The van der Waals surface area contributed by atoms with E-state index in [1.165, 1.54) is 5.57 Å². The molecule has 0 aromatic heterocycles. The Morgan fingerprint density at radius 3 is 2.27 bits per heavy atom. The van der Waals surface area contributed by atoms with E-state index in [0.29, 0.717) is 49.0 Å². The summed E-state index contributed by atoms with van der Waals surface area (Å²) in [7, 11) is 1.77. The van der Waals surface area contributed by atoms with E-state index in [4.69, 9.17) is 9.73 Å². The lowest BCUT2D eigenvalue weighted by Crippen LogP contribution is -2.39. The molecular formula is C39H56N4O2. The fourth-order valence-corrected chi connectivity index (χ4v) is 5.18. The number of hydrogen-bond acceptors (Lipinski definition) is 4. The van der Waals surface area contributed by atoms with Crippen LogP contribution in [0.2, 0.25) is 0 Å². The molecule has 1 aliphatic rings. The fourth-order valence-electron chi connectivity index (χ4n) is 5.18. The standard InChI is InChI=1S/C39H56N4O2/c1-15-19-31(24-40)23-33(17-3)43-26-34(32(16-2)22-27(4)5)36(37(43)41-14)35(29(8)9)30(10)20-18-21-42(25-28(6)7)38(44)45-39(11,12)13/h15-17,19,23,26-28H,1,3,8,10,18,20-22,25H2,2,4-7,9,11-14H3/b31-19+,32-16-,33-23+,36-35+,41-37?. The molecule has 45 heavy (non-hydrogen) atoms. The number of amides is 1. The van der Waals surface area contributed by atoms with Gasteiger partial charge in [-0.3, -0.25) is 4.99 Å². The molecule has 244 valence electrons. The van der Waals surface area contributed by atoms with E-state index in [-0.39, 0.29) is 6.09 Å². The first-order valence-electron chi connectivity index (χ1n) is 15.8. The molecule has 0 atom stereocenters. The van der Waals surface area contributed by atoms with Crippen molar-refractivity contribution in [2.75, 3.05) is 20.1 Å². The summed E-state index contributed by atoms with van der Waals surface area (Å²) in [4.78, 5) is 21.5. The van der Waals surface area contributed by atoms with E-state index in [0.717, 1.165) is 40.1 Å². The van der Waals surface area contributed by atoms with Crippen LogP contribution in [0.15, 0.2) is 113 Å². The third-order valence-electron chi connectivity index (χ3n) is 6.91. The van der Waals surface area contributed by atoms with Crippen molar-refractivity contribution in [3.63, 3.8) is 0 Å². The first-order chi connectivity index (χ1) is 21.0. The highest BCUT2D eigenvalue weighted by molar-refractivity contribution is 6.09. The predicted octanol–water partition coefficient (Wildman–Crippen LogP) is 10.0. The summed E-state index contributed by atoms with van der Waals surface area (Å²) in [5, 5.41) is 9.71. The van der Waals surface area contributed by atoms with E-state index in [9.17, 15) is 10.1 Å². The molecule has 0 fully saturated rings. The normalized spacial score (nSPS) is 16.5. The van der Waals surface area contributed by atoms with Crippen molar-refractivity contribution in [2.45, 2.75) is 87.2 Å². The van der Waals surface area contributed by atoms with Gasteiger partial charge in [0.15, 0.2) is 0 Å². The number of amidine groups is 1. The van der Waals surface area contributed by atoms with Crippen molar-refractivity contribution in [3.05, 3.63) is 108 Å². The third-order valence-corrected chi connectivity index (χ3v) is 6.91. The molecule has 1 amide bonds. The van der Waals surface area contributed by atoms with Crippen LogP contribution in [0.25, 0.3) is 0 Å². The van der Waals surface area contributed by atoms with Crippen LogP contribution in [0.5, 0.6) is 0 Å². The second-order valence-corrected chi connectivity index (χ2v) is 13.2. The maximum Gasteiger partial charge on any atom is 0.410 e. The second kappa shape index (κ2) is 18.0. The Morgan fingerprint density at radius 1 is 1.18 bits per heavy atom. The zero-order valence-electron chi connectivity index (χ0n) is 29.6. The van der Waals surface area contributed by atoms with Crippen molar-refractivity contribution in [3.8, 4) is 6.07 Å². The van der Waals surface area contributed by atoms with Gasteiger partial charge in [-0.05, 0) is 101 Å². The number of hydrogen-bond donors (Lipinski definition) is 0. The molecule has 0 spiro atoms. The summed E-state index contributed by atoms with van der Waals surface area (Å²) in [5.74, 6) is 1.47. The Balaban J connectivity index is 3.73. The third kappa shape index (κ3) is 11.7. The van der Waals surface area contributed by atoms with Gasteiger partial charge in [0.25, 0.3) is 0 Å². The minimum atomic E-state index is -0.560. The minimum Gasteiger partial charge on any atom is -0.444 e. The van der Waals surface area contributed by atoms with Crippen molar-refractivity contribution < 1.29 is 9.53 Å². The molecule has 1 aliphatic heterocycles. The molecule has 0 saturated carbocycles. The van der Waals surface area contributed by atoms with Gasteiger partial charge in [0, 0.05) is 43.2 Å². The Morgan fingerprint density at radius 2 is 1.82 bits per heavy atom. The number of rotatable bonds is 15. The van der Waals surface area contributed by atoms with Crippen molar-refractivity contribution >= 4 is 11.9 Å². The maximum absolute atomic E-state index is 13.0. The van der Waals surface area contributed by atoms with Gasteiger partial charge in [-0.15, -0.1) is 0 Å². The van der Waals surface area contributed by atoms with Crippen LogP contribution in [0.4, 0.5) is 4.79 Å². The number of nitriles is 1. The summed E-state index contributed by atoms with van der Waals surface area (Å²) in [6.07, 6.45) is 13.0. The molecule has 0 saturated heterocycles. The van der Waals surface area contributed by atoms with Gasteiger partial charge in [-0.1, -0.05) is 71.7 Å². The summed E-state index contributed by atoms with van der Waals surface area (Å²) < 4.78 is 5.70. The quantitative estimate of drug-likeness (QED) is 0.136. The van der Waals surface area contributed by atoms with Gasteiger partial charge >= 0.3 is 6.09 Å². The van der Waals surface area contributed by atoms with Gasteiger partial charge in [-0.25, -0.2) is 4.79 Å². The van der Waals surface area contributed by atoms with Crippen LogP contribution < -0.4 is 0 Å². The topological polar surface area (TPSA) is 68.9 Å². The molecular weight excluding hydrogens is 556 g/mol. The Bertz CT molecular complexity index is 1360. The fraction of sp³-hybridized carbons (Fsp3) is 0.462. The van der Waals surface area contributed by atoms with E-state index < -0.39 is 5.60 Å². The maximum atomic E-state index is 13.0. The van der Waals surface area contributed by atoms with Crippen LogP contribution in [0.1, 0.15) is 81.6 Å². The zero-order valence-corrected chi connectivity index (χ0v) is 29.6. The Labute approximate surface area is 273 Å². The molecule has 0 N–H and O–H groups in total. The Hall–Kier alpha value is -4.11. The molecule has 0 aliphatic carbocycles. The van der Waals surface area contributed by atoms with Crippen LogP contribution >= 0.6 is 0 Å². The van der Waals surface area contributed by atoms with E-state index >= 15 is 0 Å². The van der Waals surface area contributed by atoms with Crippen LogP contribution in [0, 0.1) is 23.2 Å². The number of carbonyl (C=O) groups excluding carboxylic acids is 1. The van der Waals surface area contributed by atoms with Crippen LogP contribution in [-0.2, 0) is 4.74 Å². The highest BCUT2D eigenvalue weighted by Gasteiger charge is 2.33. The van der Waals surface area contributed by atoms with E-state index in [2.05, 4.69) is 79.3 Å². The number of allylic oxidation sites excluding steroid dienone is 10. The van der Waals surface area contributed by atoms with Gasteiger partial charge in [0.1, 0.15) is 11.4 Å². The van der Waals surface area contributed by atoms with Crippen molar-refractivity contribution in [2.24, 2.45) is 16.8 Å². The number of nitrogens with zero attached hydrogens (tertiary/aromatic N) is 4. The summed E-state index contributed by atoms with van der Waals surface area (Å²) in [6.45, 7) is 36.2. The highest BCUT2D eigenvalue weighted by atomic mass is 16.6. The van der Waals surface area contributed by atoms with Gasteiger partial charge < -0.3 is 14.5 Å². The first-order valence-corrected chi connectivity index (χ1v) is 15.8. The van der Waals surface area contributed by atoms with Gasteiger partial charge in [-0.2, -0.15) is 5.26 Å². The van der Waals surface area contributed by atoms with E-state index in [1.54, 1.807) is 36.3 Å². The SMILES string of the molecule is C=C/C=C(C#N)\C=C(/C=C)N1C=C(/C(=C\C)CC(C)C)/C(=C(/C(=C)C)C(=C)CCCN(CC(C)C)C(=O)OC(C)(C)C)C1=NC. The number of ether oxygens (including phenoxy) is 1. The average Bonchev–Trinajstić information content (AvgIpc) is 3.30. The second-order valence-electron chi connectivity index (χ2n) is 13.2. The molecule has 1 heterocycles. The van der Waals surface area contributed by atoms with Crippen molar-refractivity contribution in [1.82, 2.24) is 9.80 Å². The molecule has 0 bridgehead atoms. The Kier molecular flexibility index (Phi) is 15.6. The molecule has 0 aromatic rings. The molecule has 6 nitrogen and oxygen atoms in total. The molecule has 0 aromatic carbocycles. The lowest BCUT2D eigenvalue weighted by atomic mass is 9.85. The first kappa shape index (κ1) is 38.9. The zero-order chi connectivity index (χ0) is 34.5. The van der Waals surface area contributed by atoms with Crippen molar-refractivity contribution in [1.29, 1.82) is 5.26 Å². The van der Waals surface area contributed by atoms with E-state index in [1.807, 2.05) is 32.6 Å². The minimum absolute atomic E-state index is 0.297. The number of aliphatic imine (C=N–C) groups is 1. The largest absolute Gasteiger partial charge is 0.444 e. The smallest absolute Gasteiger partial charge is 0.410 e. The molecule has 0 unspecified atom stereocenters. The molecule has 1 rings (SSSR count). The predicted molar refractivity (Wildman–Crippen MR) is 192 cm³/mol. The highest BCUT2D eigenvalue weighted by Crippen LogP contribution is 2.40. The number of carbonyl (C=O) groups is 1. The van der Waals surface area contributed by atoms with Crippen LogP contribution in [0.3, 0.4) is 0 Å². The summed E-state index contributed by atoms with van der Waals surface area (Å²) in [5.41, 5.74) is 6.54. The van der Waals surface area contributed by atoms with Gasteiger partial charge in [0.2, 0.25) is 0 Å². The molecule has 6 heteroatoms. The lowest BCUT2D eigenvalue weighted by molar-refractivity contribution is 0.0226. The molecule has 0 radical (unpaired) electrons. The lowest BCUT2D eigenvalue weighted by Gasteiger charge is -2.29. The average molecular weight is 613 g/mol. The van der Waals surface area contributed by atoms with Gasteiger partial charge in [0.05, 0.1) is 11.6 Å².